The molecule has 6 nitrogen and oxygen atoms in total. The molecule has 2 N–H and O–H groups in total. The molecule has 2 atom stereocenters. The molecule has 26 heavy (non-hydrogen) atoms. The van der Waals surface area contributed by atoms with E-state index < -0.39 is 5.60 Å². The molecule has 1 aromatic carbocycles. The summed E-state index contributed by atoms with van der Waals surface area (Å²) in [6.45, 7) is 6.21. The van der Waals surface area contributed by atoms with Crippen LogP contribution in [0.1, 0.15) is 42.1 Å². The summed E-state index contributed by atoms with van der Waals surface area (Å²) in [5, 5.41) is 13.9. The van der Waals surface area contributed by atoms with Gasteiger partial charge < -0.3 is 15.3 Å². The summed E-state index contributed by atoms with van der Waals surface area (Å²) >= 11 is 0. The average Bonchev–Trinajstić information content (AvgIpc) is 3.10. The summed E-state index contributed by atoms with van der Waals surface area (Å²) in [6.07, 6.45) is 3.29. The van der Waals surface area contributed by atoms with Crippen LogP contribution >= 0.6 is 0 Å². The number of benzene rings is 1. The van der Waals surface area contributed by atoms with Crippen molar-refractivity contribution < 1.29 is 14.7 Å². The van der Waals surface area contributed by atoms with E-state index in [9.17, 15) is 14.7 Å². The van der Waals surface area contributed by atoms with Gasteiger partial charge in [-0.1, -0.05) is 19.4 Å². The number of anilines is 1. The highest BCUT2D eigenvalue weighted by Crippen LogP contribution is 2.44. The average molecular weight is 357 g/mol. The summed E-state index contributed by atoms with van der Waals surface area (Å²) in [5.74, 6) is 0.344. The lowest BCUT2D eigenvalue weighted by atomic mass is 9.69. The Bertz CT molecular complexity index is 746. The van der Waals surface area contributed by atoms with Crippen LogP contribution in [0.2, 0.25) is 0 Å². The van der Waals surface area contributed by atoms with Crippen molar-refractivity contribution >= 4 is 17.6 Å². The minimum atomic E-state index is -0.754. The van der Waals surface area contributed by atoms with E-state index in [1.165, 1.54) is 6.42 Å². The third-order valence-corrected chi connectivity index (χ3v) is 6.49. The summed E-state index contributed by atoms with van der Waals surface area (Å²) in [4.78, 5) is 28.5. The fourth-order valence-electron chi connectivity index (χ4n) is 4.53. The third kappa shape index (κ3) is 2.67. The number of hydrogen-bond donors (Lipinski definition) is 2. The second kappa shape index (κ2) is 6.27. The Morgan fingerprint density at radius 1 is 1.35 bits per heavy atom. The van der Waals surface area contributed by atoms with E-state index in [0.29, 0.717) is 37.7 Å². The molecular formula is C20H27N3O3. The molecule has 2 aliphatic heterocycles. The van der Waals surface area contributed by atoms with E-state index in [4.69, 9.17) is 0 Å². The topological polar surface area (TPSA) is 72.9 Å². The van der Waals surface area contributed by atoms with Gasteiger partial charge in [0.2, 0.25) is 0 Å². The zero-order valence-corrected chi connectivity index (χ0v) is 15.5. The molecule has 3 aliphatic rings. The first-order valence-electron chi connectivity index (χ1n) is 9.58. The molecule has 0 unspecified atom stereocenters. The molecule has 2 saturated heterocycles. The van der Waals surface area contributed by atoms with Crippen molar-refractivity contribution in [2.75, 3.05) is 31.1 Å². The number of aryl methyl sites for hydroxylation is 1. The van der Waals surface area contributed by atoms with Gasteiger partial charge in [-0.3, -0.25) is 9.69 Å². The molecule has 1 saturated carbocycles. The molecule has 6 heteroatoms. The summed E-state index contributed by atoms with van der Waals surface area (Å²) in [6, 6.07) is 5.41. The molecule has 1 aromatic rings. The SMILES string of the molecule is Cc1ccc(C(=O)N2C[C@@H](C)[C@](O)(C3CCC3)C2)cc1N1CCNC1=O. The first-order valence-corrected chi connectivity index (χ1v) is 9.58. The Morgan fingerprint density at radius 3 is 2.73 bits per heavy atom. The van der Waals surface area contributed by atoms with Crippen LogP contribution in [0.15, 0.2) is 18.2 Å². The predicted molar refractivity (Wildman–Crippen MR) is 99.3 cm³/mol. The number of amides is 3. The van der Waals surface area contributed by atoms with Crippen molar-refractivity contribution in [3.63, 3.8) is 0 Å². The van der Waals surface area contributed by atoms with Crippen LogP contribution < -0.4 is 10.2 Å². The zero-order valence-electron chi connectivity index (χ0n) is 15.5. The van der Waals surface area contributed by atoms with E-state index in [-0.39, 0.29) is 17.9 Å². The largest absolute Gasteiger partial charge is 0.387 e. The predicted octanol–water partition coefficient (Wildman–Crippen LogP) is 2.15. The monoisotopic (exact) mass is 357 g/mol. The van der Waals surface area contributed by atoms with Crippen LogP contribution in [-0.2, 0) is 0 Å². The van der Waals surface area contributed by atoms with Crippen molar-refractivity contribution in [2.45, 2.75) is 38.7 Å². The van der Waals surface area contributed by atoms with Crippen molar-refractivity contribution in [2.24, 2.45) is 11.8 Å². The standard InChI is InChI=1S/C20H27N3O3/c1-13-6-7-15(10-17(13)23-9-8-21-19(23)25)18(24)22-11-14(2)20(26,12-22)16-4-3-5-16/h6-7,10,14,16,26H,3-5,8-9,11-12H2,1-2H3,(H,21,25)/t14-,20+/m1/s1. The van der Waals surface area contributed by atoms with Crippen LogP contribution in [-0.4, -0.2) is 53.7 Å². The first kappa shape index (κ1) is 17.3. The number of nitrogens with one attached hydrogen (secondary N) is 1. The lowest BCUT2D eigenvalue weighted by molar-refractivity contribution is -0.0660. The van der Waals surface area contributed by atoms with Gasteiger partial charge >= 0.3 is 6.03 Å². The second-order valence-electron chi connectivity index (χ2n) is 8.09. The highest BCUT2D eigenvalue weighted by atomic mass is 16.3. The van der Waals surface area contributed by atoms with E-state index >= 15 is 0 Å². The second-order valence-corrected chi connectivity index (χ2v) is 8.09. The number of carbonyl (C=O) groups excluding carboxylic acids is 2. The fourth-order valence-corrected chi connectivity index (χ4v) is 4.53. The van der Waals surface area contributed by atoms with Crippen LogP contribution in [0.3, 0.4) is 0 Å². The van der Waals surface area contributed by atoms with Gasteiger partial charge in [-0.15, -0.1) is 0 Å². The van der Waals surface area contributed by atoms with Gasteiger partial charge in [0.15, 0.2) is 0 Å². The summed E-state index contributed by atoms with van der Waals surface area (Å²) in [7, 11) is 0. The number of rotatable bonds is 3. The van der Waals surface area contributed by atoms with Gasteiger partial charge in [0, 0.05) is 36.8 Å². The number of likely N-dealkylation sites (tertiary alicyclic amines) is 1. The van der Waals surface area contributed by atoms with E-state index in [1.807, 2.05) is 32.0 Å². The van der Waals surface area contributed by atoms with E-state index in [0.717, 1.165) is 24.1 Å². The number of carbonyl (C=O) groups is 2. The maximum Gasteiger partial charge on any atom is 0.322 e. The number of urea groups is 1. The molecule has 1 aliphatic carbocycles. The van der Waals surface area contributed by atoms with Gasteiger partial charge in [-0.2, -0.15) is 0 Å². The van der Waals surface area contributed by atoms with Crippen LogP contribution in [0, 0.1) is 18.8 Å². The molecule has 3 fully saturated rings. The highest BCUT2D eigenvalue weighted by Gasteiger charge is 2.51. The van der Waals surface area contributed by atoms with Crippen molar-refractivity contribution in [3.05, 3.63) is 29.3 Å². The van der Waals surface area contributed by atoms with Gasteiger partial charge in [-0.25, -0.2) is 4.79 Å². The van der Waals surface area contributed by atoms with Crippen molar-refractivity contribution in [1.82, 2.24) is 10.2 Å². The molecule has 0 aromatic heterocycles. The van der Waals surface area contributed by atoms with E-state index in [1.54, 1.807) is 9.80 Å². The molecule has 2 heterocycles. The summed E-state index contributed by atoms with van der Waals surface area (Å²) < 4.78 is 0. The minimum absolute atomic E-state index is 0.0621. The van der Waals surface area contributed by atoms with Gasteiger partial charge in [0.25, 0.3) is 5.91 Å². The number of β-amino-alcohol motifs (C(OH)–C–C–N with tert-alkyl or cyclic N) is 1. The first-order chi connectivity index (χ1) is 12.4. The minimum Gasteiger partial charge on any atom is -0.387 e. The lowest BCUT2D eigenvalue weighted by Crippen LogP contribution is -2.48. The molecule has 140 valence electrons. The molecule has 4 rings (SSSR count). The smallest absolute Gasteiger partial charge is 0.322 e. The van der Waals surface area contributed by atoms with Crippen LogP contribution in [0.25, 0.3) is 0 Å². The normalized spacial score (nSPS) is 29.0. The van der Waals surface area contributed by atoms with Crippen LogP contribution in [0.5, 0.6) is 0 Å². The summed E-state index contributed by atoms with van der Waals surface area (Å²) in [5.41, 5.74) is 1.58. The lowest BCUT2D eigenvalue weighted by Gasteiger charge is -2.41. The Balaban J connectivity index is 1.56. The molecule has 0 bridgehead atoms. The third-order valence-electron chi connectivity index (χ3n) is 6.49. The Hall–Kier alpha value is -2.08. The number of hydrogen-bond acceptors (Lipinski definition) is 3. The Kier molecular flexibility index (Phi) is 4.18. The molecule has 3 amide bonds. The molecule has 0 spiro atoms. The maximum atomic E-state index is 13.1. The zero-order chi connectivity index (χ0) is 18.5. The Morgan fingerprint density at radius 2 is 2.12 bits per heavy atom. The molecular weight excluding hydrogens is 330 g/mol. The Labute approximate surface area is 154 Å². The number of nitrogens with zero attached hydrogens (tertiary/aromatic N) is 2. The van der Waals surface area contributed by atoms with Gasteiger partial charge in [-0.05, 0) is 43.4 Å². The highest BCUT2D eigenvalue weighted by molar-refractivity contribution is 5.99. The van der Waals surface area contributed by atoms with Crippen LogP contribution in [0.4, 0.5) is 10.5 Å². The van der Waals surface area contributed by atoms with Gasteiger partial charge in [0.1, 0.15) is 0 Å². The maximum absolute atomic E-state index is 13.1. The van der Waals surface area contributed by atoms with E-state index in [2.05, 4.69) is 5.32 Å². The van der Waals surface area contributed by atoms with Crippen molar-refractivity contribution in [3.8, 4) is 0 Å². The van der Waals surface area contributed by atoms with Gasteiger partial charge in [0.05, 0.1) is 12.1 Å². The van der Waals surface area contributed by atoms with Crippen molar-refractivity contribution in [1.29, 1.82) is 0 Å². The number of aliphatic hydroxyl groups is 1. The quantitative estimate of drug-likeness (QED) is 0.871. The fraction of sp³-hybridized carbons (Fsp3) is 0.600. The molecule has 0 radical (unpaired) electrons.